The lowest BCUT2D eigenvalue weighted by molar-refractivity contribution is -0.126. The summed E-state index contributed by atoms with van der Waals surface area (Å²) in [6.45, 7) is 6.17. The molecule has 2 fully saturated rings. The molecule has 0 radical (unpaired) electrons. The van der Waals surface area contributed by atoms with Crippen molar-refractivity contribution in [2.24, 2.45) is 11.7 Å². The minimum Gasteiger partial charge on any atom is -0.364 e. The largest absolute Gasteiger partial charge is 0.364 e. The Bertz CT molecular complexity index is 548. The molecule has 2 heterocycles. The second kappa shape index (κ2) is 11.1. The van der Waals surface area contributed by atoms with Crippen LogP contribution in [0, 0.1) is 5.92 Å². The van der Waals surface area contributed by atoms with Crippen LogP contribution in [0.15, 0.2) is 24.3 Å². The molecule has 5 nitrogen and oxygen atoms in total. The number of benzene rings is 1. The van der Waals surface area contributed by atoms with Gasteiger partial charge in [-0.25, -0.2) is 0 Å². The number of carbonyl (C=O) groups is 1. The Hall–Kier alpha value is -0.850. The molecule has 148 valence electrons. The number of nitrogens with zero attached hydrogens (tertiary/aromatic N) is 1. The maximum atomic E-state index is 12.2. The first-order valence-corrected chi connectivity index (χ1v) is 9.11. The topological polar surface area (TPSA) is 67.6 Å². The first-order chi connectivity index (χ1) is 11.6. The molecule has 0 aliphatic carbocycles. The van der Waals surface area contributed by atoms with E-state index in [2.05, 4.69) is 29.3 Å². The molecule has 2 saturated heterocycles. The van der Waals surface area contributed by atoms with Crippen LogP contribution in [0.3, 0.4) is 0 Å². The van der Waals surface area contributed by atoms with Crippen LogP contribution in [0.5, 0.6) is 0 Å². The van der Waals surface area contributed by atoms with Gasteiger partial charge in [-0.2, -0.15) is 0 Å². The van der Waals surface area contributed by atoms with Crippen molar-refractivity contribution in [3.8, 4) is 0 Å². The van der Waals surface area contributed by atoms with Crippen molar-refractivity contribution in [3.05, 3.63) is 29.8 Å². The molecular weight excluding hydrogens is 373 g/mol. The van der Waals surface area contributed by atoms with Gasteiger partial charge in [-0.15, -0.1) is 24.8 Å². The first-order valence-electron chi connectivity index (χ1n) is 9.11. The van der Waals surface area contributed by atoms with E-state index in [0.29, 0.717) is 6.54 Å². The molecule has 2 atom stereocenters. The summed E-state index contributed by atoms with van der Waals surface area (Å²) in [6.07, 6.45) is 3.85. The van der Waals surface area contributed by atoms with Gasteiger partial charge >= 0.3 is 0 Å². The molecule has 1 amide bonds. The fourth-order valence-electron chi connectivity index (χ4n) is 3.47. The minimum atomic E-state index is -0.367. The highest BCUT2D eigenvalue weighted by Gasteiger charge is 2.29. The summed E-state index contributed by atoms with van der Waals surface area (Å²) < 4.78 is 5.63. The lowest BCUT2D eigenvalue weighted by Crippen LogP contribution is -2.32. The predicted molar refractivity (Wildman–Crippen MR) is 110 cm³/mol. The van der Waals surface area contributed by atoms with Crippen molar-refractivity contribution >= 4 is 36.4 Å². The van der Waals surface area contributed by atoms with E-state index in [0.717, 1.165) is 31.0 Å². The Balaban J connectivity index is 0.00000169. The summed E-state index contributed by atoms with van der Waals surface area (Å²) in [5.74, 6) is 0.791. The molecule has 3 rings (SSSR count). The Kier molecular flexibility index (Phi) is 9.90. The number of carbonyl (C=O) groups excluding carboxylic acids is 1. The molecule has 2 aliphatic heterocycles. The Labute approximate surface area is 168 Å². The third kappa shape index (κ3) is 6.39. The number of likely N-dealkylation sites (tertiary alicyclic amines) is 1. The molecule has 0 aromatic heterocycles. The lowest BCUT2D eigenvalue weighted by Gasteiger charge is -2.30. The number of nitrogens with two attached hydrogens (primary N) is 1. The van der Waals surface area contributed by atoms with Crippen LogP contribution >= 0.6 is 24.8 Å². The van der Waals surface area contributed by atoms with Crippen LogP contribution in [0.2, 0.25) is 0 Å². The standard InChI is InChI=1S/C19H29N3O2.2ClH/c1-14-8-10-22(11-9-14)13-15-2-4-16(5-3-15)21-19(23)18-7-6-17(12-20)24-18;;/h2-5,14,17-18H,6-13,20H2,1H3,(H,21,23);2*1H/t17-,18+;;/m1../s1. The van der Waals surface area contributed by atoms with E-state index in [-0.39, 0.29) is 42.9 Å². The quantitative estimate of drug-likeness (QED) is 0.791. The molecule has 0 saturated carbocycles. The zero-order chi connectivity index (χ0) is 16.9. The number of amides is 1. The van der Waals surface area contributed by atoms with Crippen molar-refractivity contribution in [2.45, 2.75) is 51.4 Å². The van der Waals surface area contributed by atoms with Gasteiger partial charge in [-0.05, 0) is 62.4 Å². The third-order valence-electron chi connectivity index (χ3n) is 5.17. The second-order valence-corrected chi connectivity index (χ2v) is 7.20. The highest BCUT2D eigenvalue weighted by molar-refractivity contribution is 5.94. The number of hydrogen-bond acceptors (Lipinski definition) is 4. The van der Waals surface area contributed by atoms with E-state index in [1.807, 2.05) is 12.1 Å². The van der Waals surface area contributed by atoms with Crippen LogP contribution in [-0.4, -0.2) is 42.6 Å². The summed E-state index contributed by atoms with van der Waals surface area (Å²) in [6, 6.07) is 8.17. The number of rotatable bonds is 5. The first kappa shape index (κ1) is 23.2. The maximum absolute atomic E-state index is 12.2. The number of ether oxygens (including phenoxy) is 1. The highest BCUT2D eigenvalue weighted by Crippen LogP contribution is 2.21. The molecule has 7 heteroatoms. The Morgan fingerprint density at radius 2 is 1.81 bits per heavy atom. The zero-order valence-electron chi connectivity index (χ0n) is 15.4. The number of halogens is 2. The van der Waals surface area contributed by atoms with Crippen LogP contribution in [0.25, 0.3) is 0 Å². The van der Waals surface area contributed by atoms with Crippen LogP contribution in [0.1, 0.15) is 38.2 Å². The summed E-state index contributed by atoms with van der Waals surface area (Å²) in [5.41, 5.74) is 7.71. The predicted octanol–water partition coefficient (Wildman–Crippen LogP) is 3.21. The summed E-state index contributed by atoms with van der Waals surface area (Å²) >= 11 is 0. The van der Waals surface area contributed by atoms with Gasteiger partial charge < -0.3 is 15.8 Å². The fraction of sp³-hybridized carbons (Fsp3) is 0.632. The van der Waals surface area contributed by atoms with Crippen molar-refractivity contribution in [1.82, 2.24) is 4.90 Å². The van der Waals surface area contributed by atoms with Crippen LogP contribution in [-0.2, 0) is 16.1 Å². The summed E-state index contributed by atoms with van der Waals surface area (Å²) in [4.78, 5) is 14.7. The van der Waals surface area contributed by atoms with Gasteiger partial charge in [0.05, 0.1) is 6.10 Å². The molecule has 0 unspecified atom stereocenters. The molecule has 1 aromatic carbocycles. The van der Waals surface area contributed by atoms with Crippen molar-refractivity contribution in [2.75, 3.05) is 25.0 Å². The smallest absolute Gasteiger partial charge is 0.253 e. The molecule has 0 spiro atoms. The fourth-order valence-corrected chi connectivity index (χ4v) is 3.47. The summed E-state index contributed by atoms with van der Waals surface area (Å²) in [5, 5.41) is 2.95. The lowest BCUT2D eigenvalue weighted by atomic mass is 9.99. The molecule has 3 N–H and O–H groups in total. The van der Waals surface area contributed by atoms with Crippen LogP contribution < -0.4 is 11.1 Å². The van der Waals surface area contributed by atoms with Gasteiger partial charge in [0.2, 0.25) is 0 Å². The van der Waals surface area contributed by atoms with E-state index in [1.165, 1.54) is 31.5 Å². The minimum absolute atomic E-state index is 0. The molecule has 0 bridgehead atoms. The highest BCUT2D eigenvalue weighted by atomic mass is 35.5. The van der Waals surface area contributed by atoms with E-state index in [9.17, 15) is 4.79 Å². The normalized spacial score (nSPS) is 23.8. The molecule has 2 aliphatic rings. The summed E-state index contributed by atoms with van der Waals surface area (Å²) in [7, 11) is 0. The van der Waals surface area contributed by atoms with Gasteiger partial charge in [-0.1, -0.05) is 19.1 Å². The van der Waals surface area contributed by atoms with E-state index < -0.39 is 0 Å². The maximum Gasteiger partial charge on any atom is 0.253 e. The van der Waals surface area contributed by atoms with Crippen molar-refractivity contribution in [3.63, 3.8) is 0 Å². The Morgan fingerprint density at radius 3 is 2.38 bits per heavy atom. The van der Waals surface area contributed by atoms with E-state index >= 15 is 0 Å². The number of nitrogens with one attached hydrogen (secondary N) is 1. The van der Waals surface area contributed by atoms with Gasteiger partial charge in [0, 0.05) is 18.8 Å². The van der Waals surface area contributed by atoms with Crippen molar-refractivity contribution < 1.29 is 9.53 Å². The van der Waals surface area contributed by atoms with Gasteiger partial charge in [-0.3, -0.25) is 9.69 Å². The molecule has 1 aromatic rings. The van der Waals surface area contributed by atoms with Gasteiger partial charge in [0.25, 0.3) is 5.91 Å². The second-order valence-electron chi connectivity index (χ2n) is 7.20. The molecule has 26 heavy (non-hydrogen) atoms. The monoisotopic (exact) mass is 403 g/mol. The van der Waals surface area contributed by atoms with Crippen LogP contribution in [0.4, 0.5) is 5.69 Å². The van der Waals surface area contributed by atoms with Crippen molar-refractivity contribution in [1.29, 1.82) is 0 Å². The number of piperidine rings is 1. The van der Waals surface area contributed by atoms with E-state index in [1.54, 1.807) is 0 Å². The SMILES string of the molecule is CC1CCN(Cc2ccc(NC(=O)[C@@H]3CC[C@H](CN)O3)cc2)CC1.Cl.Cl. The third-order valence-corrected chi connectivity index (χ3v) is 5.17. The van der Waals surface area contributed by atoms with E-state index in [4.69, 9.17) is 10.5 Å². The zero-order valence-corrected chi connectivity index (χ0v) is 17.0. The average molecular weight is 404 g/mol. The molecular formula is C19H31Cl2N3O2. The van der Waals surface area contributed by atoms with Gasteiger partial charge in [0.15, 0.2) is 0 Å². The average Bonchev–Trinajstić information content (AvgIpc) is 3.08. The number of anilines is 1. The number of hydrogen-bond donors (Lipinski definition) is 2. The van der Waals surface area contributed by atoms with Gasteiger partial charge in [0.1, 0.15) is 6.10 Å². The Morgan fingerprint density at radius 1 is 1.15 bits per heavy atom.